The molecule has 55 heavy (non-hydrogen) atoms. The smallest absolute Gasteiger partial charge is 0.330 e. The number of ether oxygens (including phenoxy) is 6. The number of fused-ring (bicyclic) bond motifs is 1. The lowest BCUT2D eigenvalue weighted by Crippen LogP contribution is -2.60. The average Bonchev–Trinajstić information content (AvgIpc) is 3.16. The molecule has 3 aliphatic heterocycles. The standard InChI is InChI=1S/C36H38O19/c37-12-25-28(44)30(46)32(48)36(54-25)53-24-11-17-22(51-34(24)15-3-5-19(40)21(42)8-15)9-16(38)10-23(17)52-35-33(49)31(47)29(45)26(55-35)13-50-27(43)6-2-14-1-4-18(39)20(41)7-14/h1-11,25-26,28-42,44-49H,12-13H2/p+1. The summed E-state index contributed by atoms with van der Waals surface area (Å²) >= 11 is 0. The molecule has 3 aromatic rings. The van der Waals surface area contributed by atoms with E-state index in [0.717, 1.165) is 12.1 Å². The molecule has 6 rings (SSSR count). The number of hydrogen-bond donors (Lipinski definition) is 12. The van der Waals surface area contributed by atoms with Crippen LogP contribution in [0.1, 0.15) is 22.8 Å². The first kappa shape index (κ1) is 39.3. The predicted molar refractivity (Wildman–Crippen MR) is 182 cm³/mol. The van der Waals surface area contributed by atoms with E-state index >= 15 is 0 Å². The van der Waals surface area contributed by atoms with E-state index in [1.54, 1.807) is 0 Å². The molecule has 0 spiro atoms. The summed E-state index contributed by atoms with van der Waals surface area (Å²) in [5, 5.41) is 123. The molecule has 2 fully saturated rings. The van der Waals surface area contributed by atoms with Gasteiger partial charge >= 0.3 is 5.97 Å². The van der Waals surface area contributed by atoms with Crippen LogP contribution < -0.4 is 4.74 Å². The van der Waals surface area contributed by atoms with Crippen LogP contribution in [0.15, 0.2) is 60.4 Å². The zero-order chi connectivity index (χ0) is 39.7. The van der Waals surface area contributed by atoms with Gasteiger partial charge in [0.25, 0.3) is 11.9 Å². The number of aromatic hydroxyl groups is 6. The molecular formula is C36H39O19+. The van der Waals surface area contributed by atoms with Gasteiger partial charge in [0.2, 0.25) is 12.6 Å². The van der Waals surface area contributed by atoms with Gasteiger partial charge in [0, 0.05) is 18.2 Å². The van der Waals surface area contributed by atoms with Crippen molar-refractivity contribution in [2.24, 2.45) is 0 Å². The molecular weight excluding hydrogens is 736 g/mol. The van der Waals surface area contributed by atoms with Gasteiger partial charge in [-0.2, -0.15) is 0 Å². The molecule has 3 aromatic carbocycles. The van der Waals surface area contributed by atoms with Crippen LogP contribution in [0.2, 0.25) is 0 Å². The van der Waals surface area contributed by atoms with Crippen molar-refractivity contribution in [3.8, 4) is 40.2 Å². The number of benzene rings is 3. The third-order valence-corrected chi connectivity index (χ3v) is 9.06. The van der Waals surface area contributed by atoms with E-state index in [9.17, 15) is 66.1 Å². The van der Waals surface area contributed by atoms with Crippen molar-refractivity contribution in [3.63, 3.8) is 0 Å². The lowest BCUT2D eigenvalue weighted by atomic mass is 9.98. The number of esters is 1. The van der Waals surface area contributed by atoms with Crippen molar-refractivity contribution in [2.75, 3.05) is 13.2 Å². The van der Waals surface area contributed by atoms with Crippen molar-refractivity contribution in [1.29, 1.82) is 0 Å². The fourth-order valence-electron chi connectivity index (χ4n) is 6.02. The molecule has 13 N–H and O–H groups in total. The molecule has 11 atom stereocenters. The molecule has 2 saturated heterocycles. The Morgan fingerprint density at radius 3 is 1.98 bits per heavy atom. The summed E-state index contributed by atoms with van der Waals surface area (Å²) in [7, 11) is 0. The summed E-state index contributed by atoms with van der Waals surface area (Å²) in [4.78, 5) is 12.4. The minimum atomic E-state index is -1.90. The predicted octanol–water partition coefficient (Wildman–Crippen LogP) is -1.19. The Labute approximate surface area is 310 Å². The quantitative estimate of drug-likeness (QED) is 0.0499. The molecule has 296 valence electrons. The molecule has 0 bridgehead atoms. The highest BCUT2D eigenvalue weighted by molar-refractivity contribution is 5.87. The monoisotopic (exact) mass is 775 g/mol. The third kappa shape index (κ3) is 8.34. The highest BCUT2D eigenvalue weighted by atomic mass is 16.7. The Balaban J connectivity index is 1.26. The van der Waals surface area contributed by atoms with E-state index in [-0.39, 0.29) is 34.1 Å². The molecule has 3 heterocycles. The highest BCUT2D eigenvalue weighted by Crippen LogP contribution is 2.47. The van der Waals surface area contributed by atoms with Gasteiger partial charge in [0.1, 0.15) is 72.5 Å². The summed E-state index contributed by atoms with van der Waals surface area (Å²) in [5.74, 6) is -3.41. The zero-order valence-electron chi connectivity index (χ0n) is 28.4. The topological polar surface area (TPSA) is 319 Å². The second kappa shape index (κ2) is 16.2. The van der Waals surface area contributed by atoms with Crippen LogP contribution in [0.5, 0.6) is 40.2 Å². The van der Waals surface area contributed by atoms with Crippen LogP contribution in [-0.4, -0.2) is 147 Å². The Morgan fingerprint density at radius 1 is 0.709 bits per heavy atom. The number of carbonyl (C=O) groups is 1. The lowest BCUT2D eigenvalue weighted by Gasteiger charge is -2.41. The van der Waals surface area contributed by atoms with Gasteiger partial charge in [-0.25, -0.2) is 4.79 Å². The summed E-state index contributed by atoms with van der Waals surface area (Å²) in [6, 6.07) is 9.86. The molecule has 0 aromatic heterocycles. The van der Waals surface area contributed by atoms with Crippen molar-refractivity contribution in [1.82, 2.24) is 0 Å². The molecule has 0 aliphatic carbocycles. The van der Waals surface area contributed by atoms with Gasteiger partial charge in [-0.15, -0.1) is 0 Å². The average molecular weight is 776 g/mol. The molecule has 11 unspecified atom stereocenters. The highest BCUT2D eigenvalue weighted by Gasteiger charge is 2.48. The largest absolute Gasteiger partial charge is 0.571 e. The number of carbonyl (C=O) groups excluding carboxylic acids is 1. The SMILES string of the molecule is O=C(C=Cc1ccc(O)c(O)c1)OCC1OC(Oc2cc(O)cc3c2C=C(OC2OC(CO)C(O)C(O)C2O)C(c2ccc(O)c(O)c2)[OH+]3)C(O)C(O)C1O. The number of rotatable bonds is 10. The molecule has 0 radical (unpaired) electrons. The summed E-state index contributed by atoms with van der Waals surface area (Å²) in [6.45, 7) is -1.39. The Morgan fingerprint density at radius 2 is 1.33 bits per heavy atom. The number of phenols is 5. The van der Waals surface area contributed by atoms with Crippen LogP contribution >= 0.6 is 0 Å². The van der Waals surface area contributed by atoms with Gasteiger partial charge in [0.05, 0.1) is 18.2 Å². The van der Waals surface area contributed by atoms with Gasteiger partial charge in [0.15, 0.2) is 28.8 Å². The number of aliphatic hydroxyl groups is 8. The van der Waals surface area contributed by atoms with E-state index < -0.39 is 110 Å². The maximum absolute atomic E-state index is 12.4. The number of hydrogen-bond acceptors (Lipinski definition) is 18. The van der Waals surface area contributed by atoms with E-state index in [2.05, 4.69) is 4.74 Å². The van der Waals surface area contributed by atoms with E-state index in [0.29, 0.717) is 5.56 Å². The Kier molecular flexibility index (Phi) is 11.6. The minimum absolute atomic E-state index is 0.0406. The Hall–Kier alpha value is -5.35. The van der Waals surface area contributed by atoms with Crippen LogP contribution in [0.25, 0.3) is 12.2 Å². The van der Waals surface area contributed by atoms with Crippen molar-refractivity contribution >= 4 is 18.1 Å². The minimum Gasteiger partial charge on any atom is -0.571 e. The maximum Gasteiger partial charge on any atom is 0.330 e. The first-order valence-electron chi connectivity index (χ1n) is 16.7. The number of aliphatic hydroxyl groups excluding tert-OH is 7. The van der Waals surface area contributed by atoms with Gasteiger partial charge < -0.3 is 89.7 Å². The second-order valence-corrected chi connectivity index (χ2v) is 12.9. The maximum atomic E-state index is 12.4. The summed E-state index contributed by atoms with van der Waals surface area (Å²) < 4.78 is 32.8. The van der Waals surface area contributed by atoms with Crippen molar-refractivity contribution in [3.05, 3.63) is 77.1 Å². The van der Waals surface area contributed by atoms with Crippen molar-refractivity contribution in [2.45, 2.75) is 67.5 Å². The van der Waals surface area contributed by atoms with E-state index in [1.165, 1.54) is 54.6 Å². The fraction of sp³-hybridized carbons (Fsp3) is 0.361. The molecule has 19 heteroatoms. The fourth-order valence-corrected chi connectivity index (χ4v) is 6.02. The molecule has 0 saturated carbocycles. The molecule has 3 aliphatic rings. The third-order valence-electron chi connectivity index (χ3n) is 9.06. The van der Waals surface area contributed by atoms with Crippen molar-refractivity contribution < 1.29 is 94.5 Å². The van der Waals surface area contributed by atoms with Gasteiger partial charge in [-0.05, 0) is 42.0 Å². The molecule has 19 nitrogen and oxygen atoms in total. The van der Waals surface area contributed by atoms with Crippen LogP contribution in [0.3, 0.4) is 0 Å². The summed E-state index contributed by atoms with van der Waals surface area (Å²) in [6.07, 6.45) is -14.7. The first-order chi connectivity index (χ1) is 26.1. The van der Waals surface area contributed by atoms with Crippen LogP contribution in [-0.2, 0) is 23.7 Å². The second-order valence-electron chi connectivity index (χ2n) is 12.9. The van der Waals surface area contributed by atoms with Crippen LogP contribution in [0, 0.1) is 0 Å². The molecule has 0 amide bonds. The zero-order valence-corrected chi connectivity index (χ0v) is 28.4. The Bertz CT molecular complexity index is 1930. The van der Waals surface area contributed by atoms with E-state index in [4.69, 9.17) is 23.7 Å². The van der Waals surface area contributed by atoms with Gasteiger partial charge in [-0.1, -0.05) is 6.07 Å². The van der Waals surface area contributed by atoms with E-state index in [1.807, 2.05) is 0 Å². The first-order valence-corrected chi connectivity index (χ1v) is 16.7. The number of phenolic OH excluding ortho intramolecular Hbond substituents is 5. The normalized spacial score (nSPS) is 30.5. The van der Waals surface area contributed by atoms with Crippen LogP contribution in [0.4, 0.5) is 0 Å². The van der Waals surface area contributed by atoms with Gasteiger partial charge in [-0.3, -0.25) is 0 Å². The lowest BCUT2D eigenvalue weighted by molar-refractivity contribution is -0.295. The summed E-state index contributed by atoms with van der Waals surface area (Å²) in [5.41, 5.74) is 0.623.